The Hall–Kier alpha value is -0.390. The van der Waals surface area contributed by atoms with E-state index >= 15 is 0 Å². The van der Waals surface area contributed by atoms with Crippen molar-refractivity contribution in [3.05, 3.63) is 20.8 Å². The van der Waals surface area contributed by atoms with Crippen LogP contribution in [0.4, 0.5) is 0 Å². The third-order valence-corrected chi connectivity index (χ3v) is 2.47. The van der Waals surface area contributed by atoms with Crippen LogP contribution in [0.25, 0.3) is 0 Å². The summed E-state index contributed by atoms with van der Waals surface area (Å²) < 4.78 is 0.922. The maximum absolute atomic E-state index is 10.8. The van der Waals surface area contributed by atoms with Gasteiger partial charge in [-0.05, 0) is 22.0 Å². The zero-order valence-electron chi connectivity index (χ0n) is 4.93. The van der Waals surface area contributed by atoms with Gasteiger partial charge in [-0.15, -0.1) is 11.3 Å². The standard InChI is InChI=1S/C5H5BrN2OS/c6-4-1-3(2-10-4)5(9)8-7/h1-2H,7H2,(H,8,9). The van der Waals surface area contributed by atoms with Gasteiger partial charge in [-0.1, -0.05) is 0 Å². The number of nitrogen functional groups attached to an aromatic ring is 1. The van der Waals surface area contributed by atoms with Crippen molar-refractivity contribution in [2.45, 2.75) is 0 Å². The van der Waals surface area contributed by atoms with E-state index in [1.54, 1.807) is 11.4 Å². The summed E-state index contributed by atoms with van der Waals surface area (Å²) in [4.78, 5) is 10.8. The van der Waals surface area contributed by atoms with E-state index in [1.807, 2.05) is 5.43 Å². The highest BCUT2D eigenvalue weighted by Crippen LogP contribution is 2.20. The third kappa shape index (κ3) is 1.56. The van der Waals surface area contributed by atoms with Gasteiger partial charge in [0.1, 0.15) is 0 Å². The van der Waals surface area contributed by atoms with E-state index in [-0.39, 0.29) is 5.91 Å². The zero-order chi connectivity index (χ0) is 7.56. The van der Waals surface area contributed by atoms with Crippen molar-refractivity contribution in [1.29, 1.82) is 0 Å². The first-order valence-electron chi connectivity index (χ1n) is 2.49. The summed E-state index contributed by atoms with van der Waals surface area (Å²) in [7, 11) is 0. The largest absolute Gasteiger partial charge is 0.290 e. The number of nitrogens with one attached hydrogen (secondary N) is 1. The van der Waals surface area contributed by atoms with Crippen LogP contribution in [0.3, 0.4) is 0 Å². The minimum absolute atomic E-state index is 0.262. The van der Waals surface area contributed by atoms with Crippen LogP contribution >= 0.6 is 27.3 Å². The van der Waals surface area contributed by atoms with Crippen LogP contribution in [0.2, 0.25) is 0 Å². The highest BCUT2D eigenvalue weighted by Gasteiger charge is 2.04. The SMILES string of the molecule is NNC(=O)c1csc(Br)c1. The lowest BCUT2D eigenvalue weighted by molar-refractivity contribution is 0.0954. The Kier molecular flexibility index (Phi) is 2.42. The van der Waals surface area contributed by atoms with Gasteiger partial charge in [0.05, 0.1) is 9.35 Å². The molecule has 3 N–H and O–H groups in total. The lowest BCUT2D eigenvalue weighted by Crippen LogP contribution is -2.29. The molecular formula is C5H5BrN2OS. The van der Waals surface area contributed by atoms with Crippen LogP contribution in [0.1, 0.15) is 10.4 Å². The number of amides is 1. The predicted molar refractivity (Wildman–Crippen MR) is 43.7 cm³/mol. The van der Waals surface area contributed by atoms with Crippen molar-refractivity contribution >= 4 is 33.2 Å². The van der Waals surface area contributed by atoms with Crippen molar-refractivity contribution < 1.29 is 4.79 Å². The average molecular weight is 221 g/mol. The Bertz CT molecular complexity index is 248. The van der Waals surface area contributed by atoms with Crippen molar-refractivity contribution in [2.24, 2.45) is 5.84 Å². The number of hydrogen-bond donors (Lipinski definition) is 2. The molecule has 0 atom stereocenters. The van der Waals surface area contributed by atoms with Crippen LogP contribution in [-0.2, 0) is 0 Å². The van der Waals surface area contributed by atoms with E-state index in [1.165, 1.54) is 11.3 Å². The summed E-state index contributed by atoms with van der Waals surface area (Å²) in [6, 6.07) is 1.72. The molecule has 0 aliphatic heterocycles. The number of nitrogens with two attached hydrogens (primary N) is 1. The van der Waals surface area contributed by atoms with Crippen LogP contribution in [0, 0.1) is 0 Å². The molecule has 0 saturated carbocycles. The van der Waals surface area contributed by atoms with Crippen LogP contribution in [0.5, 0.6) is 0 Å². The molecule has 0 saturated heterocycles. The first-order valence-corrected chi connectivity index (χ1v) is 4.16. The molecule has 1 amide bonds. The van der Waals surface area contributed by atoms with E-state index in [0.29, 0.717) is 5.56 Å². The molecule has 0 spiro atoms. The number of rotatable bonds is 1. The van der Waals surface area contributed by atoms with Crippen LogP contribution in [-0.4, -0.2) is 5.91 Å². The van der Waals surface area contributed by atoms with E-state index in [2.05, 4.69) is 15.9 Å². The second-order valence-electron chi connectivity index (χ2n) is 1.61. The summed E-state index contributed by atoms with van der Waals surface area (Å²) in [6.07, 6.45) is 0. The van der Waals surface area contributed by atoms with Crippen molar-refractivity contribution in [1.82, 2.24) is 5.43 Å². The molecule has 10 heavy (non-hydrogen) atoms. The average Bonchev–Trinajstić information content (AvgIpc) is 2.34. The molecule has 0 aliphatic carbocycles. The van der Waals surface area contributed by atoms with Gasteiger partial charge in [0, 0.05) is 5.38 Å². The second kappa shape index (κ2) is 3.14. The molecule has 1 aromatic rings. The van der Waals surface area contributed by atoms with Gasteiger partial charge in [0.15, 0.2) is 0 Å². The molecule has 1 heterocycles. The lowest BCUT2D eigenvalue weighted by Gasteiger charge is -1.91. The van der Waals surface area contributed by atoms with Gasteiger partial charge in [-0.2, -0.15) is 0 Å². The molecule has 0 aromatic carbocycles. The van der Waals surface area contributed by atoms with Gasteiger partial charge in [-0.3, -0.25) is 10.2 Å². The first-order chi connectivity index (χ1) is 4.74. The molecule has 0 aliphatic rings. The van der Waals surface area contributed by atoms with Crippen molar-refractivity contribution in [3.63, 3.8) is 0 Å². The maximum Gasteiger partial charge on any atom is 0.266 e. The smallest absolute Gasteiger partial charge is 0.266 e. The van der Waals surface area contributed by atoms with Crippen molar-refractivity contribution in [2.75, 3.05) is 0 Å². The van der Waals surface area contributed by atoms with Gasteiger partial charge >= 0.3 is 0 Å². The number of halogens is 1. The maximum atomic E-state index is 10.8. The molecular weight excluding hydrogens is 216 g/mol. The van der Waals surface area contributed by atoms with Crippen LogP contribution < -0.4 is 11.3 Å². The Labute approximate surface area is 70.3 Å². The molecule has 1 rings (SSSR count). The minimum Gasteiger partial charge on any atom is -0.290 e. The zero-order valence-corrected chi connectivity index (χ0v) is 7.33. The van der Waals surface area contributed by atoms with E-state index in [9.17, 15) is 4.79 Å². The van der Waals surface area contributed by atoms with Gasteiger partial charge in [0.2, 0.25) is 0 Å². The molecule has 0 unspecified atom stereocenters. The third-order valence-electron chi connectivity index (χ3n) is 0.961. The predicted octanol–water partition coefficient (Wildman–Crippen LogP) is 1.11. The molecule has 5 heteroatoms. The summed E-state index contributed by atoms with van der Waals surface area (Å²) in [5, 5.41) is 1.73. The fraction of sp³-hybridized carbons (Fsp3) is 0. The molecule has 0 radical (unpaired) electrons. The van der Waals surface area contributed by atoms with Gasteiger partial charge < -0.3 is 0 Å². The van der Waals surface area contributed by atoms with E-state index < -0.39 is 0 Å². The molecule has 0 fully saturated rings. The van der Waals surface area contributed by atoms with E-state index in [0.717, 1.165) is 3.79 Å². The summed E-state index contributed by atoms with van der Waals surface area (Å²) >= 11 is 4.68. The molecule has 3 nitrogen and oxygen atoms in total. The fourth-order valence-corrected chi connectivity index (χ4v) is 1.65. The molecule has 1 aromatic heterocycles. The first kappa shape index (κ1) is 7.71. The Balaban J connectivity index is 2.85. The van der Waals surface area contributed by atoms with Crippen LogP contribution in [0.15, 0.2) is 15.2 Å². The van der Waals surface area contributed by atoms with Crippen molar-refractivity contribution in [3.8, 4) is 0 Å². The quantitative estimate of drug-likeness (QED) is 0.424. The minimum atomic E-state index is -0.262. The Morgan fingerprint density at radius 1 is 1.80 bits per heavy atom. The number of thiophene rings is 1. The highest BCUT2D eigenvalue weighted by molar-refractivity contribution is 9.11. The Morgan fingerprint density at radius 3 is 2.90 bits per heavy atom. The van der Waals surface area contributed by atoms with E-state index in [4.69, 9.17) is 5.84 Å². The monoisotopic (exact) mass is 220 g/mol. The van der Waals surface area contributed by atoms with Gasteiger partial charge in [-0.25, -0.2) is 5.84 Å². The normalized spacial score (nSPS) is 9.40. The molecule has 0 bridgehead atoms. The summed E-state index contributed by atoms with van der Waals surface area (Å²) in [5.41, 5.74) is 2.62. The van der Waals surface area contributed by atoms with Gasteiger partial charge in [0.25, 0.3) is 5.91 Å². The lowest BCUT2D eigenvalue weighted by atomic mass is 10.3. The second-order valence-corrected chi connectivity index (χ2v) is 3.90. The fourth-order valence-electron chi connectivity index (χ4n) is 0.512. The number of hydrazine groups is 1. The number of carbonyl (C=O) groups excluding carboxylic acids is 1. The molecule has 54 valence electrons. The Morgan fingerprint density at radius 2 is 2.50 bits per heavy atom. The number of carbonyl (C=O) groups is 1. The highest BCUT2D eigenvalue weighted by atomic mass is 79.9. The summed E-state index contributed by atoms with van der Waals surface area (Å²) in [5.74, 6) is 4.64. The number of hydrogen-bond acceptors (Lipinski definition) is 3. The summed E-state index contributed by atoms with van der Waals surface area (Å²) in [6.45, 7) is 0. The topological polar surface area (TPSA) is 55.1 Å².